The number of halogens is 2. The molecule has 0 radical (unpaired) electrons. The zero-order valence-corrected chi connectivity index (χ0v) is 12.4. The van der Waals surface area contributed by atoms with Crippen molar-refractivity contribution >= 4 is 27.7 Å². The van der Waals surface area contributed by atoms with Gasteiger partial charge in [-0.2, -0.15) is 0 Å². The molecule has 0 saturated carbocycles. The molecule has 0 aliphatic heterocycles. The van der Waals surface area contributed by atoms with Gasteiger partial charge in [0.2, 0.25) is 5.91 Å². The highest BCUT2D eigenvalue weighted by Crippen LogP contribution is 2.16. The standard InChI is InChI=1S/C12H17BrFN3O/c1-7(11(18)17-12(2,3)4)16-10-9(14)5-8(13)6-15-10/h5-7H,1-4H3,(H,15,16)(H,17,18). The number of nitrogens with zero attached hydrogens (tertiary/aromatic N) is 1. The molecule has 4 nitrogen and oxygen atoms in total. The Hall–Kier alpha value is -1.17. The fourth-order valence-electron chi connectivity index (χ4n) is 1.27. The Labute approximate surface area is 114 Å². The topological polar surface area (TPSA) is 54.0 Å². The monoisotopic (exact) mass is 317 g/mol. The molecular formula is C12H17BrFN3O. The third-order valence-electron chi connectivity index (χ3n) is 2.05. The van der Waals surface area contributed by atoms with Crippen molar-refractivity contribution in [2.24, 2.45) is 0 Å². The largest absolute Gasteiger partial charge is 0.356 e. The lowest BCUT2D eigenvalue weighted by Crippen LogP contribution is -2.47. The first-order chi connectivity index (χ1) is 8.19. The SMILES string of the molecule is CC(Nc1ncc(Br)cc1F)C(=O)NC(C)(C)C. The van der Waals surface area contributed by atoms with Crippen LogP contribution in [0.4, 0.5) is 10.2 Å². The number of hydrogen-bond donors (Lipinski definition) is 2. The fraction of sp³-hybridized carbons (Fsp3) is 0.500. The Morgan fingerprint density at radius 2 is 2.11 bits per heavy atom. The zero-order chi connectivity index (χ0) is 13.9. The lowest BCUT2D eigenvalue weighted by atomic mass is 10.1. The maximum absolute atomic E-state index is 13.5. The van der Waals surface area contributed by atoms with Crippen LogP contribution in [-0.4, -0.2) is 22.5 Å². The number of hydrogen-bond acceptors (Lipinski definition) is 3. The quantitative estimate of drug-likeness (QED) is 0.901. The van der Waals surface area contributed by atoms with Gasteiger partial charge in [-0.25, -0.2) is 9.37 Å². The highest BCUT2D eigenvalue weighted by molar-refractivity contribution is 9.10. The highest BCUT2D eigenvalue weighted by Gasteiger charge is 2.20. The first kappa shape index (κ1) is 14.9. The molecule has 1 rings (SSSR count). The molecule has 0 spiro atoms. The molecule has 100 valence electrons. The minimum atomic E-state index is -0.563. The van der Waals surface area contributed by atoms with E-state index in [1.54, 1.807) is 6.92 Å². The summed E-state index contributed by atoms with van der Waals surface area (Å²) < 4.78 is 14.1. The minimum Gasteiger partial charge on any atom is -0.356 e. The number of rotatable bonds is 3. The molecule has 0 saturated heterocycles. The first-order valence-electron chi connectivity index (χ1n) is 5.58. The van der Waals surface area contributed by atoms with E-state index in [1.165, 1.54) is 12.3 Å². The van der Waals surface area contributed by atoms with Crippen LogP contribution in [0.2, 0.25) is 0 Å². The Kier molecular flexibility index (Phi) is 4.67. The van der Waals surface area contributed by atoms with Gasteiger partial charge in [-0.1, -0.05) is 0 Å². The van der Waals surface area contributed by atoms with Crippen LogP contribution in [0.5, 0.6) is 0 Å². The van der Waals surface area contributed by atoms with Crippen LogP contribution in [0, 0.1) is 5.82 Å². The summed E-state index contributed by atoms with van der Waals surface area (Å²) in [6, 6.07) is 0.733. The maximum atomic E-state index is 13.5. The number of carbonyl (C=O) groups is 1. The van der Waals surface area contributed by atoms with E-state index in [-0.39, 0.29) is 17.3 Å². The van der Waals surface area contributed by atoms with Gasteiger partial charge in [-0.3, -0.25) is 4.79 Å². The van der Waals surface area contributed by atoms with E-state index < -0.39 is 11.9 Å². The van der Waals surface area contributed by atoms with Crippen LogP contribution in [0.3, 0.4) is 0 Å². The Balaban J connectivity index is 2.69. The van der Waals surface area contributed by atoms with Gasteiger partial charge in [0.05, 0.1) is 0 Å². The van der Waals surface area contributed by atoms with E-state index in [1.807, 2.05) is 20.8 Å². The average Bonchev–Trinajstić information content (AvgIpc) is 2.19. The average molecular weight is 318 g/mol. The summed E-state index contributed by atoms with van der Waals surface area (Å²) in [5.74, 6) is -0.638. The molecule has 0 bridgehead atoms. The van der Waals surface area contributed by atoms with Crippen molar-refractivity contribution in [2.75, 3.05) is 5.32 Å². The van der Waals surface area contributed by atoms with E-state index >= 15 is 0 Å². The summed E-state index contributed by atoms with van der Waals surface area (Å²) in [6.45, 7) is 7.31. The Morgan fingerprint density at radius 1 is 1.50 bits per heavy atom. The molecule has 0 aliphatic rings. The van der Waals surface area contributed by atoms with E-state index in [0.717, 1.165) is 0 Å². The normalized spacial score (nSPS) is 13.0. The molecule has 2 N–H and O–H groups in total. The predicted molar refractivity (Wildman–Crippen MR) is 72.9 cm³/mol. The van der Waals surface area contributed by atoms with E-state index in [2.05, 4.69) is 31.5 Å². The van der Waals surface area contributed by atoms with Gasteiger partial charge in [0.1, 0.15) is 6.04 Å². The number of carbonyl (C=O) groups excluding carboxylic acids is 1. The lowest BCUT2D eigenvalue weighted by molar-refractivity contribution is -0.122. The molecule has 0 aliphatic carbocycles. The third-order valence-corrected chi connectivity index (χ3v) is 2.49. The third kappa shape index (κ3) is 4.60. The summed E-state index contributed by atoms with van der Waals surface area (Å²) in [5, 5.41) is 5.55. The molecule has 1 aromatic rings. The molecule has 18 heavy (non-hydrogen) atoms. The molecule has 1 atom stereocenters. The van der Waals surface area contributed by atoms with Crippen LogP contribution in [0.15, 0.2) is 16.7 Å². The number of amides is 1. The van der Waals surface area contributed by atoms with E-state index in [0.29, 0.717) is 4.47 Å². The summed E-state index contributed by atoms with van der Waals surface area (Å²) in [4.78, 5) is 15.7. The van der Waals surface area contributed by atoms with Crippen LogP contribution >= 0.6 is 15.9 Å². The Morgan fingerprint density at radius 3 is 2.61 bits per heavy atom. The molecule has 1 amide bonds. The molecule has 0 aromatic carbocycles. The van der Waals surface area contributed by atoms with Gasteiger partial charge >= 0.3 is 0 Å². The molecule has 1 unspecified atom stereocenters. The van der Waals surface area contributed by atoms with E-state index in [9.17, 15) is 9.18 Å². The number of nitrogens with one attached hydrogen (secondary N) is 2. The minimum absolute atomic E-state index is 0.0646. The predicted octanol–water partition coefficient (Wildman–Crippen LogP) is 2.70. The molecule has 1 heterocycles. The molecule has 6 heteroatoms. The molecule has 1 aromatic heterocycles. The van der Waals surface area contributed by atoms with Crippen LogP contribution in [0.25, 0.3) is 0 Å². The smallest absolute Gasteiger partial charge is 0.242 e. The summed E-state index contributed by atoms with van der Waals surface area (Å²) in [7, 11) is 0. The number of aromatic nitrogens is 1. The molecule has 0 fully saturated rings. The molecular weight excluding hydrogens is 301 g/mol. The van der Waals surface area contributed by atoms with Crippen LogP contribution in [-0.2, 0) is 4.79 Å². The van der Waals surface area contributed by atoms with Crippen molar-refractivity contribution in [3.63, 3.8) is 0 Å². The van der Waals surface area contributed by atoms with Crippen molar-refractivity contribution in [2.45, 2.75) is 39.3 Å². The van der Waals surface area contributed by atoms with Crippen molar-refractivity contribution in [1.82, 2.24) is 10.3 Å². The number of pyridine rings is 1. The van der Waals surface area contributed by atoms with E-state index in [4.69, 9.17) is 0 Å². The maximum Gasteiger partial charge on any atom is 0.242 e. The van der Waals surface area contributed by atoms with Crippen molar-refractivity contribution in [1.29, 1.82) is 0 Å². The number of anilines is 1. The Bertz CT molecular complexity index is 445. The van der Waals surface area contributed by atoms with Crippen molar-refractivity contribution in [3.8, 4) is 0 Å². The van der Waals surface area contributed by atoms with Gasteiger partial charge in [0.15, 0.2) is 11.6 Å². The second-order valence-corrected chi connectivity index (χ2v) is 6.00. The van der Waals surface area contributed by atoms with Gasteiger partial charge in [0.25, 0.3) is 0 Å². The second-order valence-electron chi connectivity index (χ2n) is 5.09. The highest BCUT2D eigenvalue weighted by atomic mass is 79.9. The van der Waals surface area contributed by atoms with Crippen molar-refractivity contribution < 1.29 is 9.18 Å². The van der Waals surface area contributed by atoms with Crippen LogP contribution < -0.4 is 10.6 Å². The van der Waals surface area contributed by atoms with Crippen LogP contribution in [0.1, 0.15) is 27.7 Å². The van der Waals surface area contributed by atoms with Gasteiger partial charge in [-0.05, 0) is 49.7 Å². The summed E-state index contributed by atoms with van der Waals surface area (Å²) >= 11 is 3.12. The van der Waals surface area contributed by atoms with Crippen molar-refractivity contribution in [3.05, 3.63) is 22.6 Å². The second kappa shape index (κ2) is 5.65. The van der Waals surface area contributed by atoms with Gasteiger partial charge in [0, 0.05) is 16.2 Å². The summed E-state index contributed by atoms with van der Waals surface area (Å²) in [5.41, 5.74) is -0.321. The van der Waals surface area contributed by atoms with Gasteiger partial charge < -0.3 is 10.6 Å². The lowest BCUT2D eigenvalue weighted by Gasteiger charge is -2.24. The zero-order valence-electron chi connectivity index (χ0n) is 10.8. The fourth-order valence-corrected chi connectivity index (χ4v) is 1.57. The van der Waals surface area contributed by atoms with Gasteiger partial charge in [-0.15, -0.1) is 0 Å². The first-order valence-corrected chi connectivity index (χ1v) is 6.38. The summed E-state index contributed by atoms with van der Waals surface area (Å²) in [6.07, 6.45) is 1.47.